The first-order valence-electron chi connectivity index (χ1n) is 5.87. The van der Waals surface area contributed by atoms with E-state index in [2.05, 4.69) is 9.97 Å². The minimum atomic E-state index is 0.196. The second-order valence-corrected chi connectivity index (χ2v) is 4.73. The van der Waals surface area contributed by atoms with Crippen molar-refractivity contribution in [2.75, 3.05) is 0 Å². The molecule has 0 aliphatic heterocycles. The molecule has 0 saturated carbocycles. The summed E-state index contributed by atoms with van der Waals surface area (Å²) in [6.45, 7) is 1.83. The average molecular weight is 271 g/mol. The standard InChI is InChI=1S/C15H11ClN2O/c1-9-17-13-7-6-10(16)8-12(13)15(18-9)11-4-2-3-5-14(11)19/h2-8,19H,1H3. The number of fused-ring (bicyclic) bond motifs is 1. The van der Waals surface area contributed by atoms with Crippen LogP contribution in [0, 0.1) is 6.92 Å². The highest BCUT2D eigenvalue weighted by atomic mass is 35.5. The lowest BCUT2D eigenvalue weighted by atomic mass is 10.1. The van der Waals surface area contributed by atoms with Gasteiger partial charge in [-0.3, -0.25) is 0 Å². The van der Waals surface area contributed by atoms with Crippen molar-refractivity contribution in [2.24, 2.45) is 0 Å². The van der Waals surface area contributed by atoms with Crippen LogP contribution in [0.1, 0.15) is 5.82 Å². The maximum Gasteiger partial charge on any atom is 0.126 e. The molecule has 1 aromatic heterocycles. The third-order valence-electron chi connectivity index (χ3n) is 2.93. The van der Waals surface area contributed by atoms with Gasteiger partial charge in [-0.2, -0.15) is 0 Å². The van der Waals surface area contributed by atoms with Crippen LogP contribution < -0.4 is 0 Å². The van der Waals surface area contributed by atoms with Crippen LogP contribution >= 0.6 is 11.6 Å². The van der Waals surface area contributed by atoms with Gasteiger partial charge in [0.25, 0.3) is 0 Å². The Balaban J connectivity index is 2.40. The van der Waals surface area contributed by atoms with Crippen LogP contribution in [0.2, 0.25) is 5.02 Å². The Morgan fingerprint density at radius 3 is 2.63 bits per heavy atom. The average Bonchev–Trinajstić information content (AvgIpc) is 2.39. The highest BCUT2D eigenvalue weighted by molar-refractivity contribution is 6.31. The third kappa shape index (κ3) is 2.13. The maximum absolute atomic E-state index is 9.99. The van der Waals surface area contributed by atoms with Crippen molar-refractivity contribution >= 4 is 22.5 Å². The summed E-state index contributed by atoms with van der Waals surface area (Å²) in [4.78, 5) is 8.82. The van der Waals surface area contributed by atoms with Gasteiger partial charge < -0.3 is 5.11 Å². The van der Waals surface area contributed by atoms with E-state index in [1.54, 1.807) is 18.2 Å². The number of nitrogens with zero attached hydrogens (tertiary/aromatic N) is 2. The molecule has 19 heavy (non-hydrogen) atoms. The number of aromatic hydroxyl groups is 1. The topological polar surface area (TPSA) is 46.0 Å². The van der Waals surface area contributed by atoms with Gasteiger partial charge in [0.05, 0.1) is 11.2 Å². The Kier molecular flexibility index (Phi) is 2.84. The van der Waals surface area contributed by atoms with E-state index < -0.39 is 0 Å². The van der Waals surface area contributed by atoms with Gasteiger partial charge in [-0.15, -0.1) is 0 Å². The summed E-state index contributed by atoms with van der Waals surface area (Å²) in [6, 6.07) is 12.6. The second kappa shape index (κ2) is 4.52. The molecule has 0 amide bonds. The molecular formula is C15H11ClN2O. The first kappa shape index (κ1) is 11.9. The van der Waals surface area contributed by atoms with Crippen LogP contribution in [-0.2, 0) is 0 Å². The first-order chi connectivity index (χ1) is 9.15. The normalized spacial score (nSPS) is 10.8. The van der Waals surface area contributed by atoms with Crippen LogP contribution in [0.3, 0.4) is 0 Å². The summed E-state index contributed by atoms with van der Waals surface area (Å²) >= 11 is 6.04. The largest absolute Gasteiger partial charge is 0.507 e. The molecule has 3 nitrogen and oxygen atoms in total. The quantitative estimate of drug-likeness (QED) is 0.728. The number of benzene rings is 2. The summed E-state index contributed by atoms with van der Waals surface area (Å²) < 4.78 is 0. The summed E-state index contributed by atoms with van der Waals surface area (Å²) in [5.41, 5.74) is 2.19. The summed E-state index contributed by atoms with van der Waals surface area (Å²) in [7, 11) is 0. The number of phenols is 1. The molecule has 3 rings (SSSR count). The van der Waals surface area contributed by atoms with Gasteiger partial charge in [0.1, 0.15) is 11.6 Å². The number of phenolic OH excluding ortho intramolecular Hbond substituents is 1. The highest BCUT2D eigenvalue weighted by Crippen LogP contribution is 2.33. The molecule has 3 aromatic rings. The molecule has 0 bridgehead atoms. The van der Waals surface area contributed by atoms with E-state index in [-0.39, 0.29) is 5.75 Å². The van der Waals surface area contributed by atoms with Gasteiger partial charge in [0, 0.05) is 16.0 Å². The molecule has 0 spiro atoms. The zero-order valence-corrected chi connectivity index (χ0v) is 11.0. The fourth-order valence-electron chi connectivity index (χ4n) is 2.10. The van der Waals surface area contributed by atoms with Gasteiger partial charge >= 0.3 is 0 Å². The minimum absolute atomic E-state index is 0.196. The molecular weight excluding hydrogens is 260 g/mol. The molecule has 0 aliphatic rings. The lowest BCUT2D eigenvalue weighted by Gasteiger charge is -2.09. The van der Waals surface area contributed by atoms with Crippen molar-refractivity contribution in [3.63, 3.8) is 0 Å². The van der Waals surface area contributed by atoms with E-state index in [9.17, 15) is 5.11 Å². The van der Waals surface area contributed by atoms with E-state index >= 15 is 0 Å². The van der Waals surface area contributed by atoms with Gasteiger partial charge in [0.2, 0.25) is 0 Å². The van der Waals surface area contributed by atoms with Gasteiger partial charge in [-0.25, -0.2) is 9.97 Å². The van der Waals surface area contributed by atoms with Crippen molar-refractivity contribution in [3.8, 4) is 17.0 Å². The van der Waals surface area contributed by atoms with Gasteiger partial charge in [-0.05, 0) is 37.3 Å². The zero-order chi connectivity index (χ0) is 13.4. The number of halogens is 1. The number of aromatic nitrogens is 2. The molecule has 0 fully saturated rings. The first-order valence-corrected chi connectivity index (χ1v) is 6.25. The monoisotopic (exact) mass is 270 g/mol. The number of aryl methyl sites for hydroxylation is 1. The molecule has 0 atom stereocenters. The Labute approximate surface area is 115 Å². The van der Waals surface area contributed by atoms with Crippen LogP contribution in [0.25, 0.3) is 22.2 Å². The highest BCUT2D eigenvalue weighted by Gasteiger charge is 2.11. The van der Waals surface area contributed by atoms with Crippen molar-refractivity contribution in [3.05, 3.63) is 53.3 Å². The van der Waals surface area contributed by atoms with Crippen molar-refractivity contribution in [2.45, 2.75) is 6.92 Å². The van der Waals surface area contributed by atoms with Gasteiger partial charge in [0.15, 0.2) is 0 Å². The molecule has 4 heteroatoms. The molecule has 0 radical (unpaired) electrons. The number of para-hydroxylation sites is 1. The summed E-state index contributed by atoms with van der Waals surface area (Å²) in [6.07, 6.45) is 0. The second-order valence-electron chi connectivity index (χ2n) is 4.30. The van der Waals surface area contributed by atoms with E-state index in [0.29, 0.717) is 22.1 Å². The molecule has 2 aromatic carbocycles. The predicted molar refractivity (Wildman–Crippen MR) is 76.4 cm³/mol. The Bertz CT molecular complexity index is 771. The third-order valence-corrected chi connectivity index (χ3v) is 3.16. The number of hydrogen-bond acceptors (Lipinski definition) is 3. The smallest absolute Gasteiger partial charge is 0.126 e. The Morgan fingerprint density at radius 2 is 1.84 bits per heavy atom. The van der Waals surface area contributed by atoms with Gasteiger partial charge in [-0.1, -0.05) is 23.7 Å². The lowest BCUT2D eigenvalue weighted by Crippen LogP contribution is -1.94. The van der Waals surface area contributed by atoms with Crippen LogP contribution in [0.15, 0.2) is 42.5 Å². The zero-order valence-electron chi connectivity index (χ0n) is 10.3. The minimum Gasteiger partial charge on any atom is -0.507 e. The maximum atomic E-state index is 9.99. The molecule has 0 saturated heterocycles. The molecule has 0 aliphatic carbocycles. The summed E-state index contributed by atoms with van der Waals surface area (Å²) in [5.74, 6) is 0.856. The van der Waals surface area contributed by atoms with Crippen molar-refractivity contribution < 1.29 is 5.11 Å². The fraction of sp³-hybridized carbons (Fsp3) is 0.0667. The van der Waals surface area contributed by atoms with E-state index in [1.807, 2.05) is 31.2 Å². The van der Waals surface area contributed by atoms with E-state index in [1.165, 1.54) is 0 Å². The van der Waals surface area contributed by atoms with Crippen molar-refractivity contribution in [1.82, 2.24) is 9.97 Å². The molecule has 0 unspecified atom stereocenters. The molecule has 94 valence electrons. The lowest BCUT2D eigenvalue weighted by molar-refractivity contribution is 0.477. The summed E-state index contributed by atoms with van der Waals surface area (Å²) in [5, 5.41) is 11.4. The van der Waals surface area contributed by atoms with E-state index in [4.69, 9.17) is 11.6 Å². The Hall–Kier alpha value is -2.13. The van der Waals surface area contributed by atoms with E-state index in [0.717, 1.165) is 10.9 Å². The fourth-order valence-corrected chi connectivity index (χ4v) is 2.27. The van der Waals surface area contributed by atoms with Crippen LogP contribution in [0.4, 0.5) is 0 Å². The molecule has 1 N–H and O–H groups in total. The Morgan fingerprint density at radius 1 is 1.05 bits per heavy atom. The van der Waals surface area contributed by atoms with Crippen molar-refractivity contribution in [1.29, 1.82) is 0 Å². The SMILES string of the molecule is Cc1nc(-c2ccccc2O)c2cc(Cl)ccc2n1. The van der Waals surface area contributed by atoms with Crippen LogP contribution in [-0.4, -0.2) is 15.1 Å². The predicted octanol–water partition coefficient (Wildman–Crippen LogP) is 3.96. The number of rotatable bonds is 1. The molecule has 1 heterocycles. The number of hydrogen-bond donors (Lipinski definition) is 1. The van der Waals surface area contributed by atoms with Crippen LogP contribution in [0.5, 0.6) is 5.75 Å².